The normalized spacial score (nSPS) is 21.4. The van der Waals surface area contributed by atoms with Crippen molar-refractivity contribution in [2.75, 3.05) is 13.1 Å². The molecule has 5 heteroatoms. The van der Waals surface area contributed by atoms with Crippen molar-refractivity contribution in [2.45, 2.75) is 26.4 Å². The van der Waals surface area contributed by atoms with E-state index in [1.807, 2.05) is 44.2 Å². The second-order valence-corrected chi connectivity index (χ2v) is 5.96. The molecule has 2 rings (SSSR count). The highest BCUT2D eigenvalue weighted by Crippen LogP contribution is 2.20. The molecule has 2 atom stereocenters. The van der Waals surface area contributed by atoms with Gasteiger partial charge in [0.2, 0.25) is 5.91 Å². The molecule has 1 aromatic carbocycles. The Morgan fingerprint density at radius 1 is 1.27 bits per heavy atom. The summed E-state index contributed by atoms with van der Waals surface area (Å²) >= 11 is 0. The lowest BCUT2D eigenvalue weighted by Crippen LogP contribution is -2.42. The van der Waals surface area contributed by atoms with Crippen LogP contribution in [0.3, 0.4) is 0 Å². The van der Waals surface area contributed by atoms with Crippen molar-refractivity contribution in [1.29, 1.82) is 0 Å². The topological polar surface area (TPSA) is 69.6 Å². The number of carboxylic acids is 1. The number of amides is 1. The summed E-state index contributed by atoms with van der Waals surface area (Å²) in [5, 5.41) is 12.2. The summed E-state index contributed by atoms with van der Waals surface area (Å²) in [5.41, 5.74) is 2.03. The first-order chi connectivity index (χ1) is 10.5. The Hall–Kier alpha value is -2.14. The predicted molar refractivity (Wildman–Crippen MR) is 84.2 cm³/mol. The molecule has 5 nitrogen and oxygen atoms in total. The number of allylic oxidation sites excluding steroid dienone is 1. The maximum atomic E-state index is 11.8. The number of nitrogens with zero attached hydrogens (tertiary/aromatic N) is 1. The summed E-state index contributed by atoms with van der Waals surface area (Å²) in [6.45, 7) is 5.37. The zero-order chi connectivity index (χ0) is 16.1. The van der Waals surface area contributed by atoms with Gasteiger partial charge in [-0.25, -0.2) is 0 Å². The van der Waals surface area contributed by atoms with E-state index in [-0.39, 0.29) is 11.9 Å². The van der Waals surface area contributed by atoms with E-state index in [0.717, 1.165) is 11.1 Å². The quantitative estimate of drug-likeness (QED) is 0.812. The number of carbonyl (C=O) groups excluding carboxylic acids is 1. The van der Waals surface area contributed by atoms with Gasteiger partial charge in [0.05, 0.1) is 12.0 Å². The van der Waals surface area contributed by atoms with Crippen LogP contribution in [0, 0.1) is 5.92 Å². The fourth-order valence-corrected chi connectivity index (χ4v) is 2.74. The molecule has 2 N–H and O–H groups in total. The largest absolute Gasteiger partial charge is 0.481 e. The van der Waals surface area contributed by atoms with Crippen LogP contribution in [0.1, 0.15) is 19.4 Å². The van der Waals surface area contributed by atoms with Crippen LogP contribution in [-0.2, 0) is 16.1 Å². The van der Waals surface area contributed by atoms with Gasteiger partial charge in [0.15, 0.2) is 0 Å². The molecule has 2 unspecified atom stereocenters. The lowest BCUT2D eigenvalue weighted by Gasteiger charge is -2.16. The van der Waals surface area contributed by atoms with Crippen molar-refractivity contribution in [3.8, 4) is 0 Å². The van der Waals surface area contributed by atoms with Gasteiger partial charge >= 0.3 is 5.97 Å². The van der Waals surface area contributed by atoms with Crippen LogP contribution < -0.4 is 5.32 Å². The Labute approximate surface area is 130 Å². The minimum atomic E-state index is -0.863. The molecule has 1 aliphatic heterocycles. The van der Waals surface area contributed by atoms with Gasteiger partial charge in [-0.05, 0) is 19.4 Å². The maximum absolute atomic E-state index is 11.8. The molecule has 22 heavy (non-hydrogen) atoms. The van der Waals surface area contributed by atoms with E-state index in [9.17, 15) is 14.7 Å². The number of carbonyl (C=O) groups is 2. The SMILES string of the molecule is CC(C)=CC(=O)NC1CN(Cc2ccccc2)CC1C(=O)O. The molecular weight excluding hydrogens is 280 g/mol. The van der Waals surface area contributed by atoms with Crippen molar-refractivity contribution in [3.05, 3.63) is 47.5 Å². The number of rotatable bonds is 5. The molecule has 1 fully saturated rings. The molecule has 1 aliphatic rings. The molecule has 0 radical (unpaired) electrons. The maximum Gasteiger partial charge on any atom is 0.309 e. The Morgan fingerprint density at radius 2 is 1.95 bits per heavy atom. The number of benzene rings is 1. The lowest BCUT2D eigenvalue weighted by molar-refractivity contribution is -0.142. The second-order valence-electron chi connectivity index (χ2n) is 5.96. The van der Waals surface area contributed by atoms with Crippen LogP contribution in [0.15, 0.2) is 42.0 Å². The van der Waals surface area contributed by atoms with E-state index < -0.39 is 11.9 Å². The van der Waals surface area contributed by atoms with E-state index in [1.54, 1.807) is 0 Å². The van der Waals surface area contributed by atoms with E-state index in [4.69, 9.17) is 0 Å². The average Bonchev–Trinajstić information content (AvgIpc) is 2.81. The fraction of sp³-hybridized carbons (Fsp3) is 0.412. The Kier molecular flexibility index (Phi) is 5.33. The molecule has 1 heterocycles. The summed E-state index contributed by atoms with van der Waals surface area (Å²) in [6, 6.07) is 9.57. The average molecular weight is 302 g/mol. The van der Waals surface area contributed by atoms with Gasteiger partial charge in [-0.2, -0.15) is 0 Å². The highest BCUT2D eigenvalue weighted by atomic mass is 16.4. The smallest absolute Gasteiger partial charge is 0.309 e. The Morgan fingerprint density at radius 3 is 2.55 bits per heavy atom. The number of hydrogen-bond donors (Lipinski definition) is 2. The number of likely N-dealkylation sites (tertiary alicyclic amines) is 1. The minimum Gasteiger partial charge on any atom is -0.481 e. The number of aliphatic carboxylic acids is 1. The van der Waals surface area contributed by atoms with Gasteiger partial charge in [0.1, 0.15) is 0 Å². The van der Waals surface area contributed by atoms with Crippen LogP contribution in [0.2, 0.25) is 0 Å². The first kappa shape index (κ1) is 16.2. The Balaban J connectivity index is 2.01. The summed E-state index contributed by atoms with van der Waals surface area (Å²) in [5.74, 6) is -1.66. The predicted octanol–water partition coefficient (Wildman–Crippen LogP) is 1.65. The van der Waals surface area contributed by atoms with Crippen molar-refractivity contribution in [2.24, 2.45) is 5.92 Å². The molecule has 0 aliphatic carbocycles. The summed E-state index contributed by atoms with van der Waals surface area (Å²) in [6.07, 6.45) is 1.50. The van der Waals surface area contributed by atoms with Crippen molar-refractivity contribution in [3.63, 3.8) is 0 Å². The minimum absolute atomic E-state index is 0.224. The molecule has 0 spiro atoms. The van der Waals surface area contributed by atoms with Crippen molar-refractivity contribution < 1.29 is 14.7 Å². The number of carboxylic acid groups (broad SMARTS) is 1. The summed E-state index contributed by atoms with van der Waals surface area (Å²) in [7, 11) is 0. The highest BCUT2D eigenvalue weighted by molar-refractivity contribution is 5.89. The van der Waals surface area contributed by atoms with Crippen molar-refractivity contribution >= 4 is 11.9 Å². The van der Waals surface area contributed by atoms with Crippen LogP contribution in [0.4, 0.5) is 0 Å². The third kappa shape index (κ3) is 4.43. The first-order valence-corrected chi connectivity index (χ1v) is 7.40. The third-order valence-corrected chi connectivity index (χ3v) is 3.71. The van der Waals surface area contributed by atoms with Crippen LogP contribution in [0.25, 0.3) is 0 Å². The van der Waals surface area contributed by atoms with E-state index in [0.29, 0.717) is 19.6 Å². The molecule has 118 valence electrons. The molecule has 1 amide bonds. The van der Waals surface area contributed by atoms with Crippen LogP contribution >= 0.6 is 0 Å². The lowest BCUT2D eigenvalue weighted by atomic mass is 10.0. The molecule has 0 aromatic heterocycles. The summed E-state index contributed by atoms with van der Waals surface area (Å²) < 4.78 is 0. The number of hydrogen-bond acceptors (Lipinski definition) is 3. The number of nitrogens with one attached hydrogen (secondary N) is 1. The third-order valence-electron chi connectivity index (χ3n) is 3.71. The van der Waals surface area contributed by atoms with Gasteiger partial charge < -0.3 is 10.4 Å². The van der Waals surface area contributed by atoms with E-state index >= 15 is 0 Å². The molecule has 1 aromatic rings. The summed E-state index contributed by atoms with van der Waals surface area (Å²) in [4.78, 5) is 25.3. The van der Waals surface area contributed by atoms with Gasteiger partial charge in [-0.15, -0.1) is 0 Å². The molecule has 0 saturated carbocycles. The van der Waals surface area contributed by atoms with Gasteiger partial charge in [0, 0.05) is 25.7 Å². The fourth-order valence-electron chi connectivity index (χ4n) is 2.74. The van der Waals surface area contributed by atoms with Crippen LogP contribution in [-0.4, -0.2) is 41.0 Å². The second kappa shape index (κ2) is 7.22. The van der Waals surface area contributed by atoms with E-state index in [2.05, 4.69) is 10.2 Å². The molecular formula is C17H22N2O3. The molecule has 0 bridgehead atoms. The van der Waals surface area contributed by atoms with Gasteiger partial charge in [0.25, 0.3) is 0 Å². The zero-order valence-corrected chi connectivity index (χ0v) is 13.0. The standard InChI is InChI=1S/C17H22N2O3/c1-12(2)8-16(20)18-15-11-19(10-14(15)17(21)22)9-13-6-4-3-5-7-13/h3-8,14-15H,9-11H2,1-2H3,(H,18,20)(H,21,22). The van der Waals surface area contributed by atoms with E-state index in [1.165, 1.54) is 6.08 Å². The molecule has 1 saturated heterocycles. The first-order valence-electron chi connectivity index (χ1n) is 7.40. The zero-order valence-electron chi connectivity index (χ0n) is 13.0. The van der Waals surface area contributed by atoms with Gasteiger partial charge in [-0.1, -0.05) is 35.9 Å². The van der Waals surface area contributed by atoms with Crippen molar-refractivity contribution in [1.82, 2.24) is 10.2 Å². The Bertz CT molecular complexity index is 565. The van der Waals surface area contributed by atoms with Gasteiger partial charge in [-0.3, -0.25) is 14.5 Å². The highest BCUT2D eigenvalue weighted by Gasteiger charge is 2.38. The van der Waals surface area contributed by atoms with Crippen LogP contribution in [0.5, 0.6) is 0 Å². The monoisotopic (exact) mass is 302 g/mol.